The molecule has 0 amide bonds. The van der Waals surface area contributed by atoms with Crippen LogP contribution in [0.5, 0.6) is 0 Å². The maximum absolute atomic E-state index is 10.5. The van der Waals surface area contributed by atoms with Gasteiger partial charge in [-0.3, -0.25) is 4.79 Å². The zero-order valence-corrected chi connectivity index (χ0v) is 9.98. The van der Waals surface area contributed by atoms with Gasteiger partial charge in [-0.2, -0.15) is 0 Å². The van der Waals surface area contributed by atoms with Crippen LogP contribution in [0.1, 0.15) is 78.1 Å². The number of unbranched alkanes of at least 4 members (excludes halogenated alkanes) is 4. The molecule has 1 rings (SSSR count). The first kappa shape index (κ1) is 13.7. The van der Waals surface area contributed by atoms with E-state index < -0.39 is 0 Å². The molecular weight excluding hydrogens is 172 g/mol. The highest BCUT2D eigenvalue weighted by atomic mass is 16.1. The highest BCUT2D eigenvalue weighted by Crippen LogP contribution is 2.12. The number of carbonyl (C=O) groups is 1. The lowest BCUT2D eigenvalue weighted by Crippen LogP contribution is -2.02. The second-order valence-corrected chi connectivity index (χ2v) is 4.16. The summed E-state index contributed by atoms with van der Waals surface area (Å²) in [6, 6.07) is 0. The van der Waals surface area contributed by atoms with Gasteiger partial charge in [-0.1, -0.05) is 52.4 Å². The molecule has 0 N–H and O–H groups in total. The Morgan fingerprint density at radius 2 is 1.36 bits per heavy atom. The SMILES string of the molecule is CCCCCCC.O=C1CCCCC1. The fourth-order valence-electron chi connectivity index (χ4n) is 1.62. The molecule has 0 saturated heterocycles. The molecule has 84 valence electrons. The maximum Gasteiger partial charge on any atom is 0.132 e. The van der Waals surface area contributed by atoms with Crippen molar-refractivity contribution in [3.05, 3.63) is 0 Å². The van der Waals surface area contributed by atoms with Crippen LogP contribution in [-0.2, 0) is 4.79 Å². The number of hydrogen-bond donors (Lipinski definition) is 0. The van der Waals surface area contributed by atoms with Gasteiger partial charge in [0.2, 0.25) is 0 Å². The van der Waals surface area contributed by atoms with E-state index in [0.717, 1.165) is 25.7 Å². The normalized spacial score (nSPS) is 16.0. The molecule has 1 saturated carbocycles. The van der Waals surface area contributed by atoms with E-state index in [9.17, 15) is 4.79 Å². The second-order valence-electron chi connectivity index (χ2n) is 4.16. The van der Waals surface area contributed by atoms with Gasteiger partial charge < -0.3 is 0 Å². The third-order valence-corrected chi connectivity index (χ3v) is 2.62. The molecule has 0 aromatic heterocycles. The van der Waals surface area contributed by atoms with E-state index in [1.165, 1.54) is 38.5 Å². The fraction of sp³-hybridized carbons (Fsp3) is 0.923. The van der Waals surface area contributed by atoms with Crippen molar-refractivity contribution < 1.29 is 4.79 Å². The minimum Gasteiger partial charge on any atom is -0.300 e. The molecule has 0 aromatic rings. The molecule has 0 atom stereocenters. The Bertz CT molecular complexity index is 117. The molecule has 0 aromatic carbocycles. The van der Waals surface area contributed by atoms with Crippen LogP contribution in [-0.4, -0.2) is 5.78 Å². The van der Waals surface area contributed by atoms with Gasteiger partial charge in [-0.15, -0.1) is 0 Å². The van der Waals surface area contributed by atoms with Gasteiger partial charge in [-0.05, 0) is 12.8 Å². The Hall–Kier alpha value is -0.330. The molecule has 0 heterocycles. The summed E-state index contributed by atoms with van der Waals surface area (Å²) in [6.45, 7) is 4.49. The van der Waals surface area contributed by atoms with Gasteiger partial charge in [0.25, 0.3) is 0 Å². The molecule has 0 aliphatic heterocycles. The van der Waals surface area contributed by atoms with Crippen molar-refractivity contribution in [2.75, 3.05) is 0 Å². The van der Waals surface area contributed by atoms with E-state index in [-0.39, 0.29) is 0 Å². The minimum absolute atomic E-state index is 0.464. The van der Waals surface area contributed by atoms with Crippen molar-refractivity contribution in [3.8, 4) is 0 Å². The standard InChI is InChI=1S/C7H16.C6H10O/c1-3-5-7-6-4-2;7-6-4-2-1-3-5-6/h3-7H2,1-2H3;1-5H2. The van der Waals surface area contributed by atoms with Crippen LogP contribution in [0.3, 0.4) is 0 Å². The molecule has 1 heteroatoms. The molecule has 1 nitrogen and oxygen atoms in total. The third kappa shape index (κ3) is 9.76. The van der Waals surface area contributed by atoms with Crippen LogP contribution < -0.4 is 0 Å². The average Bonchev–Trinajstić information content (AvgIpc) is 2.21. The molecular formula is C13H26O. The Morgan fingerprint density at radius 1 is 0.857 bits per heavy atom. The van der Waals surface area contributed by atoms with Crippen molar-refractivity contribution in [1.29, 1.82) is 0 Å². The van der Waals surface area contributed by atoms with Crippen molar-refractivity contribution >= 4 is 5.78 Å². The van der Waals surface area contributed by atoms with Gasteiger partial charge in [0, 0.05) is 12.8 Å². The largest absolute Gasteiger partial charge is 0.300 e. The number of ketones is 1. The van der Waals surface area contributed by atoms with E-state index in [2.05, 4.69) is 13.8 Å². The number of hydrogen-bond acceptors (Lipinski definition) is 1. The summed E-state index contributed by atoms with van der Waals surface area (Å²) in [7, 11) is 0. The summed E-state index contributed by atoms with van der Waals surface area (Å²) in [6.07, 6.45) is 12.2. The van der Waals surface area contributed by atoms with Crippen LogP contribution in [0.4, 0.5) is 0 Å². The number of Topliss-reactive ketones (excluding diaryl/α,β-unsaturated/α-hetero) is 1. The lowest BCUT2D eigenvalue weighted by molar-refractivity contribution is -0.120. The number of rotatable bonds is 4. The van der Waals surface area contributed by atoms with Crippen LogP contribution in [0, 0.1) is 0 Å². The van der Waals surface area contributed by atoms with Crippen molar-refractivity contribution in [2.24, 2.45) is 0 Å². The molecule has 1 fully saturated rings. The Balaban J connectivity index is 0.000000241. The Kier molecular flexibility index (Phi) is 10.5. The first-order valence-corrected chi connectivity index (χ1v) is 6.33. The molecule has 0 unspecified atom stereocenters. The quantitative estimate of drug-likeness (QED) is 0.608. The van der Waals surface area contributed by atoms with Gasteiger partial charge >= 0.3 is 0 Å². The molecule has 0 radical (unpaired) electrons. The monoisotopic (exact) mass is 198 g/mol. The van der Waals surface area contributed by atoms with E-state index in [0.29, 0.717) is 5.78 Å². The summed E-state index contributed by atoms with van der Waals surface area (Å²) >= 11 is 0. The predicted octanol–water partition coefficient (Wildman–Crippen LogP) is 4.50. The molecule has 0 spiro atoms. The van der Waals surface area contributed by atoms with Gasteiger partial charge in [-0.25, -0.2) is 0 Å². The van der Waals surface area contributed by atoms with Gasteiger partial charge in [0.05, 0.1) is 0 Å². The van der Waals surface area contributed by atoms with Crippen molar-refractivity contribution in [2.45, 2.75) is 78.1 Å². The minimum atomic E-state index is 0.464. The molecule has 1 aliphatic rings. The number of carbonyl (C=O) groups excluding carboxylic acids is 1. The first-order chi connectivity index (χ1) is 6.81. The summed E-state index contributed by atoms with van der Waals surface area (Å²) in [5, 5.41) is 0. The average molecular weight is 198 g/mol. The summed E-state index contributed by atoms with van der Waals surface area (Å²) < 4.78 is 0. The highest BCUT2D eigenvalue weighted by Gasteiger charge is 2.05. The predicted molar refractivity (Wildman–Crippen MR) is 62.5 cm³/mol. The van der Waals surface area contributed by atoms with Crippen LogP contribution in [0.2, 0.25) is 0 Å². The molecule has 0 bridgehead atoms. The van der Waals surface area contributed by atoms with E-state index in [4.69, 9.17) is 0 Å². The summed E-state index contributed by atoms with van der Waals surface area (Å²) in [4.78, 5) is 10.5. The highest BCUT2D eigenvalue weighted by molar-refractivity contribution is 5.78. The first-order valence-electron chi connectivity index (χ1n) is 6.33. The van der Waals surface area contributed by atoms with Crippen LogP contribution in [0.25, 0.3) is 0 Å². The Morgan fingerprint density at radius 3 is 1.64 bits per heavy atom. The Labute approximate surface area is 89.3 Å². The van der Waals surface area contributed by atoms with Gasteiger partial charge in [0.1, 0.15) is 5.78 Å². The summed E-state index contributed by atoms with van der Waals surface area (Å²) in [5.74, 6) is 0.464. The topological polar surface area (TPSA) is 17.1 Å². The third-order valence-electron chi connectivity index (χ3n) is 2.62. The summed E-state index contributed by atoms with van der Waals surface area (Å²) in [5.41, 5.74) is 0. The lowest BCUT2D eigenvalue weighted by Gasteiger charge is -2.05. The maximum atomic E-state index is 10.5. The lowest BCUT2D eigenvalue weighted by atomic mass is 10.00. The molecule has 1 aliphatic carbocycles. The van der Waals surface area contributed by atoms with Crippen molar-refractivity contribution in [1.82, 2.24) is 0 Å². The van der Waals surface area contributed by atoms with E-state index in [1.807, 2.05) is 0 Å². The van der Waals surface area contributed by atoms with E-state index in [1.54, 1.807) is 0 Å². The molecule has 14 heavy (non-hydrogen) atoms. The zero-order valence-electron chi connectivity index (χ0n) is 9.98. The smallest absolute Gasteiger partial charge is 0.132 e. The zero-order chi connectivity index (χ0) is 10.6. The van der Waals surface area contributed by atoms with Crippen molar-refractivity contribution in [3.63, 3.8) is 0 Å². The second kappa shape index (κ2) is 10.7. The van der Waals surface area contributed by atoms with Crippen LogP contribution in [0.15, 0.2) is 0 Å². The van der Waals surface area contributed by atoms with Crippen LogP contribution >= 0.6 is 0 Å². The fourth-order valence-corrected chi connectivity index (χ4v) is 1.62. The van der Waals surface area contributed by atoms with Gasteiger partial charge in [0.15, 0.2) is 0 Å². The van der Waals surface area contributed by atoms with E-state index >= 15 is 0 Å².